The van der Waals surface area contributed by atoms with Gasteiger partial charge in [0, 0.05) is 17.1 Å². The van der Waals surface area contributed by atoms with Crippen LogP contribution < -0.4 is 0 Å². The summed E-state index contributed by atoms with van der Waals surface area (Å²) in [6, 6.07) is 12.7. The fourth-order valence-electron chi connectivity index (χ4n) is 1.89. The summed E-state index contributed by atoms with van der Waals surface area (Å²) >= 11 is 5.97. The molecule has 2 heterocycles. The zero-order valence-corrected chi connectivity index (χ0v) is 10.1. The van der Waals surface area contributed by atoms with Gasteiger partial charge in [0.05, 0.1) is 11.2 Å². The van der Waals surface area contributed by atoms with Gasteiger partial charge in [-0.2, -0.15) is 0 Å². The molecular weight excluding hydrogens is 248 g/mol. The van der Waals surface area contributed by atoms with E-state index < -0.39 is 0 Å². The Labute approximate surface area is 108 Å². The molecule has 4 heteroatoms. The Morgan fingerprint density at radius 3 is 2.67 bits per heavy atom. The first kappa shape index (κ1) is 11.0. The lowest BCUT2D eigenvalue weighted by atomic mass is 10.1. The minimum absolute atomic E-state index is 0.0529. The van der Waals surface area contributed by atoms with Crippen LogP contribution in [0.4, 0.5) is 0 Å². The molecule has 0 spiro atoms. The van der Waals surface area contributed by atoms with Gasteiger partial charge in [0.1, 0.15) is 0 Å². The molecule has 0 aliphatic carbocycles. The Morgan fingerprint density at radius 2 is 1.94 bits per heavy atom. The number of carbonyl (C=O) groups is 1. The molecule has 1 aromatic carbocycles. The molecule has 0 fully saturated rings. The van der Waals surface area contributed by atoms with Crippen LogP contribution in [0.15, 0.2) is 48.7 Å². The van der Waals surface area contributed by atoms with Crippen LogP contribution >= 0.6 is 11.6 Å². The number of halogens is 1. The normalized spacial score (nSPS) is 10.7. The van der Waals surface area contributed by atoms with Crippen LogP contribution in [-0.4, -0.2) is 15.8 Å². The van der Waals surface area contributed by atoms with Crippen LogP contribution in [0.3, 0.4) is 0 Å². The highest BCUT2D eigenvalue weighted by atomic mass is 35.5. The zero-order chi connectivity index (χ0) is 12.5. The summed E-state index contributed by atoms with van der Waals surface area (Å²) in [7, 11) is 0. The second kappa shape index (κ2) is 4.27. The number of aromatic amines is 1. The molecule has 0 aliphatic heterocycles. The minimum atomic E-state index is -0.0529. The number of hydrogen-bond donors (Lipinski definition) is 1. The SMILES string of the molecule is O=C(c1ccccc1)c1cc2ccnc(Cl)c2[nH]1. The number of nitrogens with one attached hydrogen (secondary N) is 1. The van der Waals surface area contributed by atoms with Crippen molar-refractivity contribution in [1.29, 1.82) is 0 Å². The van der Waals surface area contributed by atoms with Gasteiger partial charge in [0.25, 0.3) is 0 Å². The van der Waals surface area contributed by atoms with Gasteiger partial charge in [-0.1, -0.05) is 41.9 Å². The molecule has 0 radical (unpaired) electrons. The van der Waals surface area contributed by atoms with E-state index in [-0.39, 0.29) is 5.78 Å². The van der Waals surface area contributed by atoms with Gasteiger partial charge >= 0.3 is 0 Å². The Balaban J connectivity index is 2.10. The summed E-state index contributed by atoms with van der Waals surface area (Å²) in [5.41, 5.74) is 1.86. The van der Waals surface area contributed by atoms with Gasteiger partial charge in [-0.25, -0.2) is 4.98 Å². The van der Waals surface area contributed by atoms with Crippen molar-refractivity contribution in [3.8, 4) is 0 Å². The molecule has 0 atom stereocenters. The van der Waals surface area contributed by atoms with Crippen molar-refractivity contribution in [1.82, 2.24) is 9.97 Å². The molecule has 0 bridgehead atoms. The number of rotatable bonds is 2. The maximum Gasteiger partial charge on any atom is 0.209 e. The van der Waals surface area contributed by atoms with Crippen molar-refractivity contribution < 1.29 is 4.79 Å². The fourth-order valence-corrected chi connectivity index (χ4v) is 2.10. The highest BCUT2D eigenvalue weighted by Gasteiger charge is 2.12. The average Bonchev–Trinajstić information content (AvgIpc) is 2.84. The smallest absolute Gasteiger partial charge is 0.209 e. The van der Waals surface area contributed by atoms with Crippen LogP contribution in [0.25, 0.3) is 10.9 Å². The lowest BCUT2D eigenvalue weighted by molar-refractivity contribution is 0.103. The largest absolute Gasteiger partial charge is 0.349 e. The van der Waals surface area contributed by atoms with Crippen LogP contribution in [0.2, 0.25) is 5.15 Å². The third-order valence-electron chi connectivity index (χ3n) is 2.78. The Kier molecular flexibility index (Phi) is 2.61. The van der Waals surface area contributed by atoms with Crippen molar-refractivity contribution in [2.75, 3.05) is 0 Å². The molecule has 0 unspecified atom stereocenters. The number of aromatic nitrogens is 2. The number of ketones is 1. The van der Waals surface area contributed by atoms with Crippen LogP contribution in [0.1, 0.15) is 16.1 Å². The van der Waals surface area contributed by atoms with E-state index in [0.29, 0.717) is 21.9 Å². The zero-order valence-electron chi connectivity index (χ0n) is 9.35. The Morgan fingerprint density at radius 1 is 1.17 bits per heavy atom. The number of benzene rings is 1. The lowest BCUT2D eigenvalue weighted by Crippen LogP contribution is -2.00. The van der Waals surface area contributed by atoms with Crippen LogP contribution in [0, 0.1) is 0 Å². The molecule has 0 saturated heterocycles. The predicted molar refractivity (Wildman–Crippen MR) is 71.0 cm³/mol. The maximum atomic E-state index is 12.2. The van der Waals surface area contributed by atoms with Gasteiger partial charge < -0.3 is 4.98 Å². The van der Waals surface area contributed by atoms with Crippen molar-refractivity contribution in [3.05, 3.63) is 65.1 Å². The van der Waals surface area contributed by atoms with Gasteiger partial charge in [-0.3, -0.25) is 4.79 Å². The molecule has 0 saturated carbocycles. The van der Waals surface area contributed by atoms with E-state index >= 15 is 0 Å². The van der Waals surface area contributed by atoms with E-state index in [1.54, 1.807) is 24.4 Å². The highest BCUT2D eigenvalue weighted by Crippen LogP contribution is 2.22. The topological polar surface area (TPSA) is 45.8 Å². The third kappa shape index (κ3) is 1.79. The summed E-state index contributed by atoms with van der Waals surface area (Å²) in [5, 5.41) is 1.26. The number of nitrogens with zero attached hydrogens (tertiary/aromatic N) is 1. The molecule has 0 amide bonds. The number of carbonyl (C=O) groups excluding carboxylic acids is 1. The van der Waals surface area contributed by atoms with E-state index in [1.165, 1.54) is 0 Å². The molecule has 2 aromatic heterocycles. The van der Waals surface area contributed by atoms with Crippen LogP contribution in [-0.2, 0) is 0 Å². The molecular formula is C14H9ClN2O. The van der Waals surface area contributed by atoms with E-state index in [0.717, 1.165) is 5.39 Å². The molecule has 1 N–H and O–H groups in total. The lowest BCUT2D eigenvalue weighted by Gasteiger charge is -1.96. The van der Waals surface area contributed by atoms with Gasteiger partial charge in [-0.05, 0) is 12.1 Å². The minimum Gasteiger partial charge on any atom is -0.349 e. The molecule has 3 rings (SSSR count). The molecule has 0 aliphatic rings. The standard InChI is InChI=1S/C14H9ClN2O/c15-14-12-10(6-7-16-14)8-11(17-12)13(18)9-4-2-1-3-5-9/h1-8,17H. The number of H-pyrrole nitrogens is 1. The first-order valence-electron chi connectivity index (χ1n) is 5.48. The average molecular weight is 257 g/mol. The molecule has 88 valence electrons. The van der Waals surface area contributed by atoms with Crippen molar-refractivity contribution >= 4 is 28.3 Å². The first-order valence-corrected chi connectivity index (χ1v) is 5.86. The summed E-state index contributed by atoms with van der Waals surface area (Å²) in [4.78, 5) is 19.2. The van der Waals surface area contributed by atoms with E-state index in [9.17, 15) is 4.79 Å². The second-order valence-electron chi connectivity index (χ2n) is 3.94. The molecule has 18 heavy (non-hydrogen) atoms. The summed E-state index contributed by atoms with van der Waals surface area (Å²) in [6.45, 7) is 0. The van der Waals surface area contributed by atoms with Crippen molar-refractivity contribution in [2.45, 2.75) is 0 Å². The van der Waals surface area contributed by atoms with Crippen LogP contribution in [0.5, 0.6) is 0 Å². The van der Waals surface area contributed by atoms with E-state index in [2.05, 4.69) is 9.97 Å². The van der Waals surface area contributed by atoms with E-state index in [1.807, 2.05) is 24.3 Å². The summed E-state index contributed by atoms with van der Waals surface area (Å²) < 4.78 is 0. The molecule has 3 nitrogen and oxygen atoms in total. The second-order valence-corrected chi connectivity index (χ2v) is 4.30. The number of hydrogen-bond acceptors (Lipinski definition) is 2. The number of fused-ring (bicyclic) bond motifs is 1. The summed E-state index contributed by atoms with van der Waals surface area (Å²) in [5.74, 6) is -0.0529. The monoisotopic (exact) mass is 256 g/mol. The summed E-state index contributed by atoms with van der Waals surface area (Å²) in [6.07, 6.45) is 1.62. The predicted octanol–water partition coefficient (Wildman–Crippen LogP) is 3.45. The maximum absolute atomic E-state index is 12.2. The fraction of sp³-hybridized carbons (Fsp3) is 0. The Hall–Kier alpha value is -2.13. The van der Waals surface area contributed by atoms with Crippen molar-refractivity contribution in [2.24, 2.45) is 0 Å². The van der Waals surface area contributed by atoms with Gasteiger partial charge in [0.15, 0.2) is 5.15 Å². The highest BCUT2D eigenvalue weighted by molar-refractivity contribution is 6.34. The van der Waals surface area contributed by atoms with E-state index in [4.69, 9.17) is 11.6 Å². The Bertz CT molecular complexity index is 719. The quantitative estimate of drug-likeness (QED) is 0.564. The van der Waals surface area contributed by atoms with Gasteiger partial charge in [-0.15, -0.1) is 0 Å². The number of pyridine rings is 1. The first-order chi connectivity index (χ1) is 8.75. The van der Waals surface area contributed by atoms with Crippen molar-refractivity contribution in [3.63, 3.8) is 0 Å². The third-order valence-corrected chi connectivity index (χ3v) is 3.06. The molecule has 3 aromatic rings. The van der Waals surface area contributed by atoms with Gasteiger partial charge in [0.2, 0.25) is 5.78 Å².